The number of anilines is 1. The summed E-state index contributed by atoms with van der Waals surface area (Å²) in [5.41, 5.74) is 1.85. The van der Waals surface area contributed by atoms with Crippen molar-refractivity contribution >= 4 is 17.3 Å². The van der Waals surface area contributed by atoms with E-state index >= 15 is 0 Å². The van der Waals surface area contributed by atoms with E-state index in [1.54, 1.807) is 12.1 Å². The molecule has 0 saturated heterocycles. The highest BCUT2D eigenvalue weighted by Crippen LogP contribution is 2.19. The van der Waals surface area contributed by atoms with E-state index in [4.69, 9.17) is 5.11 Å². The third kappa shape index (κ3) is 4.31. The summed E-state index contributed by atoms with van der Waals surface area (Å²) >= 11 is 0. The average molecular weight is 300 g/mol. The summed E-state index contributed by atoms with van der Waals surface area (Å²) in [5.74, 6) is -0.857. The molecule has 6 nitrogen and oxygen atoms in total. The molecule has 0 unspecified atom stereocenters. The molecule has 0 saturated carbocycles. The van der Waals surface area contributed by atoms with E-state index < -0.39 is 10.9 Å². The SMILES string of the molecule is O=C(O)CCN(Cc1ccc([N+](=O)[O-])cc1)c1ccccc1. The van der Waals surface area contributed by atoms with Crippen LogP contribution in [0.1, 0.15) is 12.0 Å². The zero-order valence-corrected chi connectivity index (χ0v) is 11.9. The number of nitro groups is 1. The number of non-ortho nitro benzene ring substituents is 1. The Balaban J connectivity index is 2.15. The van der Waals surface area contributed by atoms with Crippen LogP contribution in [0.4, 0.5) is 11.4 Å². The van der Waals surface area contributed by atoms with Crippen molar-refractivity contribution in [1.82, 2.24) is 0 Å². The molecule has 22 heavy (non-hydrogen) atoms. The minimum atomic E-state index is -0.857. The number of para-hydroxylation sites is 1. The van der Waals surface area contributed by atoms with Crippen molar-refractivity contribution in [3.63, 3.8) is 0 Å². The molecule has 0 spiro atoms. The second kappa shape index (κ2) is 7.21. The predicted octanol–water partition coefficient (Wildman–Crippen LogP) is 3.08. The number of hydrogen-bond donors (Lipinski definition) is 1. The maximum atomic E-state index is 10.8. The molecule has 0 radical (unpaired) electrons. The molecule has 0 aliphatic heterocycles. The number of aliphatic carboxylic acids is 1. The van der Waals surface area contributed by atoms with Crippen molar-refractivity contribution in [3.8, 4) is 0 Å². The summed E-state index contributed by atoms with van der Waals surface area (Å²) in [4.78, 5) is 23.0. The number of nitro benzene ring substituents is 1. The van der Waals surface area contributed by atoms with Crippen LogP contribution < -0.4 is 4.90 Å². The smallest absolute Gasteiger partial charge is 0.305 e. The Hall–Kier alpha value is -2.89. The standard InChI is InChI=1S/C16H16N2O4/c19-16(20)10-11-17(14-4-2-1-3-5-14)12-13-6-8-15(9-7-13)18(21)22/h1-9H,10-12H2,(H,19,20). The normalized spacial score (nSPS) is 10.2. The van der Waals surface area contributed by atoms with Gasteiger partial charge in [0.05, 0.1) is 11.3 Å². The third-order valence-electron chi connectivity index (χ3n) is 3.24. The lowest BCUT2D eigenvalue weighted by Gasteiger charge is -2.24. The number of hydrogen-bond acceptors (Lipinski definition) is 4. The topological polar surface area (TPSA) is 83.7 Å². The second-order valence-corrected chi connectivity index (χ2v) is 4.82. The van der Waals surface area contributed by atoms with E-state index in [0.29, 0.717) is 13.1 Å². The van der Waals surface area contributed by atoms with Crippen molar-refractivity contribution in [2.24, 2.45) is 0 Å². The Bertz CT molecular complexity index is 641. The van der Waals surface area contributed by atoms with E-state index in [2.05, 4.69) is 0 Å². The van der Waals surface area contributed by atoms with Crippen molar-refractivity contribution in [2.75, 3.05) is 11.4 Å². The predicted molar refractivity (Wildman–Crippen MR) is 82.8 cm³/mol. The largest absolute Gasteiger partial charge is 0.481 e. The lowest BCUT2D eigenvalue weighted by Crippen LogP contribution is -2.25. The van der Waals surface area contributed by atoms with Gasteiger partial charge in [-0.1, -0.05) is 30.3 Å². The van der Waals surface area contributed by atoms with Crippen molar-refractivity contribution < 1.29 is 14.8 Å². The Morgan fingerprint density at radius 3 is 2.27 bits per heavy atom. The molecule has 2 aromatic carbocycles. The molecular formula is C16H16N2O4. The van der Waals surface area contributed by atoms with Gasteiger partial charge in [-0.15, -0.1) is 0 Å². The molecule has 0 aromatic heterocycles. The van der Waals surface area contributed by atoms with Gasteiger partial charge in [0.15, 0.2) is 0 Å². The molecule has 1 N–H and O–H groups in total. The van der Waals surface area contributed by atoms with Gasteiger partial charge in [-0.05, 0) is 17.7 Å². The van der Waals surface area contributed by atoms with Crippen LogP contribution >= 0.6 is 0 Å². The number of rotatable bonds is 7. The summed E-state index contributed by atoms with van der Waals surface area (Å²) in [7, 11) is 0. The number of carboxylic acid groups (broad SMARTS) is 1. The zero-order valence-electron chi connectivity index (χ0n) is 11.9. The van der Waals surface area contributed by atoms with Crippen LogP contribution in [-0.2, 0) is 11.3 Å². The number of nitrogens with zero attached hydrogens (tertiary/aromatic N) is 2. The molecule has 0 atom stereocenters. The van der Waals surface area contributed by atoms with Gasteiger partial charge in [0.2, 0.25) is 0 Å². The van der Waals surface area contributed by atoms with Crippen molar-refractivity contribution in [3.05, 3.63) is 70.3 Å². The fraction of sp³-hybridized carbons (Fsp3) is 0.188. The van der Waals surface area contributed by atoms with Gasteiger partial charge in [0.1, 0.15) is 0 Å². The summed E-state index contributed by atoms with van der Waals surface area (Å²) in [6.45, 7) is 0.867. The Morgan fingerprint density at radius 1 is 1.09 bits per heavy atom. The van der Waals surface area contributed by atoms with Crippen LogP contribution in [0.15, 0.2) is 54.6 Å². The molecule has 2 rings (SSSR count). The molecular weight excluding hydrogens is 284 g/mol. The summed E-state index contributed by atoms with van der Waals surface area (Å²) in [5, 5.41) is 19.5. The molecule has 0 amide bonds. The van der Waals surface area contributed by atoms with Crippen molar-refractivity contribution in [2.45, 2.75) is 13.0 Å². The van der Waals surface area contributed by atoms with Crippen LogP contribution in [0.25, 0.3) is 0 Å². The monoisotopic (exact) mass is 300 g/mol. The third-order valence-corrected chi connectivity index (χ3v) is 3.24. The highest BCUT2D eigenvalue weighted by Gasteiger charge is 2.11. The van der Waals surface area contributed by atoms with Crippen LogP contribution in [0, 0.1) is 10.1 Å². The van der Waals surface area contributed by atoms with Gasteiger partial charge < -0.3 is 10.0 Å². The molecule has 0 bridgehead atoms. The van der Waals surface area contributed by atoms with Gasteiger partial charge in [-0.3, -0.25) is 14.9 Å². The Kier molecular flexibility index (Phi) is 5.08. The number of carbonyl (C=O) groups is 1. The summed E-state index contributed by atoms with van der Waals surface area (Å²) < 4.78 is 0. The minimum Gasteiger partial charge on any atom is -0.481 e. The number of benzene rings is 2. The summed E-state index contributed by atoms with van der Waals surface area (Å²) in [6.07, 6.45) is 0.0296. The van der Waals surface area contributed by atoms with Gasteiger partial charge >= 0.3 is 5.97 Å². The first-order valence-corrected chi connectivity index (χ1v) is 6.81. The molecule has 6 heteroatoms. The van der Waals surface area contributed by atoms with Gasteiger partial charge in [-0.25, -0.2) is 0 Å². The van der Waals surface area contributed by atoms with Gasteiger partial charge in [0, 0.05) is 30.9 Å². The first kappa shape index (κ1) is 15.5. The fourth-order valence-corrected chi connectivity index (χ4v) is 2.11. The highest BCUT2D eigenvalue weighted by atomic mass is 16.6. The second-order valence-electron chi connectivity index (χ2n) is 4.82. The molecule has 0 aliphatic carbocycles. The van der Waals surface area contributed by atoms with E-state index in [0.717, 1.165) is 11.3 Å². The Labute approximate surface area is 127 Å². The first-order valence-electron chi connectivity index (χ1n) is 6.81. The van der Waals surface area contributed by atoms with E-state index in [9.17, 15) is 14.9 Å². The Morgan fingerprint density at radius 2 is 1.73 bits per heavy atom. The molecule has 114 valence electrons. The van der Waals surface area contributed by atoms with Gasteiger partial charge in [-0.2, -0.15) is 0 Å². The van der Waals surface area contributed by atoms with Crippen molar-refractivity contribution in [1.29, 1.82) is 0 Å². The maximum Gasteiger partial charge on any atom is 0.305 e. The highest BCUT2D eigenvalue weighted by molar-refractivity contribution is 5.67. The van der Waals surface area contributed by atoms with E-state index in [1.807, 2.05) is 35.2 Å². The lowest BCUT2D eigenvalue weighted by molar-refractivity contribution is -0.384. The lowest BCUT2D eigenvalue weighted by atomic mass is 10.1. The fourth-order valence-electron chi connectivity index (χ4n) is 2.11. The first-order chi connectivity index (χ1) is 10.6. The molecule has 0 aliphatic rings. The minimum absolute atomic E-state index is 0.0296. The van der Waals surface area contributed by atoms with E-state index in [1.165, 1.54) is 12.1 Å². The van der Waals surface area contributed by atoms with Gasteiger partial charge in [0.25, 0.3) is 5.69 Å². The zero-order chi connectivity index (χ0) is 15.9. The maximum absolute atomic E-state index is 10.8. The van der Waals surface area contributed by atoms with Crippen LogP contribution in [0.2, 0.25) is 0 Å². The molecule has 0 heterocycles. The molecule has 2 aromatic rings. The number of carboxylic acids is 1. The molecule has 0 fully saturated rings. The quantitative estimate of drug-likeness (QED) is 0.627. The van der Waals surface area contributed by atoms with Crippen LogP contribution in [0.5, 0.6) is 0 Å². The van der Waals surface area contributed by atoms with Crippen LogP contribution in [-0.4, -0.2) is 22.5 Å². The average Bonchev–Trinajstić information content (AvgIpc) is 2.52. The van der Waals surface area contributed by atoms with E-state index in [-0.39, 0.29) is 12.1 Å². The summed E-state index contributed by atoms with van der Waals surface area (Å²) in [6, 6.07) is 15.8. The van der Waals surface area contributed by atoms with Crippen LogP contribution in [0.3, 0.4) is 0 Å².